The Kier molecular flexibility index (Phi) is 4.99. The number of halogens is 1. The molecule has 2 N–H and O–H groups in total. The van der Waals surface area contributed by atoms with Crippen LogP contribution in [0.4, 0.5) is 4.39 Å². The van der Waals surface area contributed by atoms with Crippen LogP contribution in [0.25, 0.3) is 0 Å². The van der Waals surface area contributed by atoms with Gasteiger partial charge in [-0.3, -0.25) is 0 Å². The summed E-state index contributed by atoms with van der Waals surface area (Å²) in [5.41, 5.74) is 0.290. The van der Waals surface area contributed by atoms with Gasteiger partial charge in [0.05, 0.1) is 4.90 Å². The first-order chi connectivity index (χ1) is 10.0. The van der Waals surface area contributed by atoms with Crippen molar-refractivity contribution in [3.8, 4) is 0 Å². The average Bonchev–Trinajstić information content (AvgIpc) is 2.94. The summed E-state index contributed by atoms with van der Waals surface area (Å²) in [6, 6.07) is 3.67. The van der Waals surface area contributed by atoms with Gasteiger partial charge in [0, 0.05) is 25.1 Å². The molecule has 0 bridgehead atoms. The van der Waals surface area contributed by atoms with Gasteiger partial charge in [0.2, 0.25) is 16.4 Å². The van der Waals surface area contributed by atoms with Gasteiger partial charge in [-0.2, -0.15) is 4.98 Å². The van der Waals surface area contributed by atoms with Crippen molar-refractivity contribution in [2.45, 2.75) is 17.9 Å². The van der Waals surface area contributed by atoms with E-state index in [1.807, 2.05) is 0 Å². The molecule has 7 nitrogen and oxygen atoms in total. The van der Waals surface area contributed by atoms with Crippen molar-refractivity contribution in [2.24, 2.45) is 0 Å². The molecule has 0 fully saturated rings. The third kappa shape index (κ3) is 4.06. The lowest BCUT2D eigenvalue weighted by Gasteiger charge is -2.08. The molecule has 114 valence electrons. The van der Waals surface area contributed by atoms with E-state index < -0.39 is 15.8 Å². The van der Waals surface area contributed by atoms with Gasteiger partial charge in [0.1, 0.15) is 5.82 Å². The lowest BCUT2D eigenvalue weighted by atomic mass is 10.2. The molecule has 1 aromatic heterocycles. The molecule has 21 heavy (non-hydrogen) atoms. The van der Waals surface area contributed by atoms with Crippen LogP contribution in [-0.4, -0.2) is 32.2 Å². The van der Waals surface area contributed by atoms with Gasteiger partial charge in [-0.15, -0.1) is 0 Å². The van der Waals surface area contributed by atoms with Crippen molar-refractivity contribution < 1.29 is 17.3 Å². The molecule has 0 aliphatic rings. The van der Waals surface area contributed by atoms with Crippen LogP contribution in [0.3, 0.4) is 0 Å². The number of hydrogen-bond donors (Lipinski definition) is 2. The van der Waals surface area contributed by atoms with E-state index in [0.29, 0.717) is 17.8 Å². The lowest BCUT2D eigenvalue weighted by Crippen LogP contribution is -2.26. The number of aromatic nitrogens is 2. The van der Waals surface area contributed by atoms with E-state index in [1.54, 1.807) is 7.05 Å². The summed E-state index contributed by atoms with van der Waals surface area (Å²) < 4.78 is 44.7. The van der Waals surface area contributed by atoms with E-state index in [-0.39, 0.29) is 18.0 Å². The molecule has 2 aromatic rings. The predicted octanol–water partition coefficient (Wildman–Crippen LogP) is 0.449. The zero-order chi connectivity index (χ0) is 15.3. The third-order valence-electron chi connectivity index (χ3n) is 2.74. The van der Waals surface area contributed by atoms with Crippen LogP contribution in [0.2, 0.25) is 0 Å². The normalized spacial score (nSPS) is 11.7. The minimum absolute atomic E-state index is 0.0160. The number of nitrogens with zero attached hydrogens (tertiary/aromatic N) is 2. The molecule has 0 aliphatic carbocycles. The van der Waals surface area contributed by atoms with Crippen LogP contribution in [0.1, 0.15) is 11.4 Å². The van der Waals surface area contributed by atoms with Gasteiger partial charge in [-0.05, 0) is 25.2 Å². The first-order valence-corrected chi connectivity index (χ1v) is 7.69. The van der Waals surface area contributed by atoms with Crippen LogP contribution in [0.5, 0.6) is 0 Å². The van der Waals surface area contributed by atoms with E-state index in [1.165, 1.54) is 18.5 Å². The maximum atomic E-state index is 13.5. The van der Waals surface area contributed by atoms with Gasteiger partial charge in [0.15, 0.2) is 5.82 Å². The Morgan fingerprint density at radius 2 is 2.19 bits per heavy atom. The maximum Gasteiger partial charge on any atom is 0.240 e. The first kappa shape index (κ1) is 15.5. The largest absolute Gasteiger partial charge is 0.343 e. The van der Waals surface area contributed by atoms with Crippen LogP contribution in [0.15, 0.2) is 34.0 Å². The summed E-state index contributed by atoms with van der Waals surface area (Å²) in [4.78, 5) is 3.80. The second-order valence-corrected chi connectivity index (χ2v) is 6.05. The van der Waals surface area contributed by atoms with Crippen molar-refractivity contribution in [3.63, 3.8) is 0 Å². The quantitative estimate of drug-likeness (QED) is 0.770. The lowest BCUT2D eigenvalue weighted by molar-refractivity contribution is 0.410. The molecule has 0 spiro atoms. The van der Waals surface area contributed by atoms with E-state index in [4.69, 9.17) is 0 Å². The molecular formula is C12H15FN4O3S. The van der Waals surface area contributed by atoms with Crippen LogP contribution in [-0.2, 0) is 23.0 Å². The van der Waals surface area contributed by atoms with Crippen molar-refractivity contribution >= 4 is 10.0 Å². The van der Waals surface area contributed by atoms with Crippen molar-refractivity contribution in [2.75, 3.05) is 13.6 Å². The van der Waals surface area contributed by atoms with Crippen LogP contribution >= 0.6 is 0 Å². The fraction of sp³-hybridized carbons (Fsp3) is 0.333. The van der Waals surface area contributed by atoms with Gasteiger partial charge in [0.25, 0.3) is 0 Å². The average molecular weight is 314 g/mol. The number of benzene rings is 1. The monoisotopic (exact) mass is 314 g/mol. The third-order valence-corrected chi connectivity index (χ3v) is 4.20. The molecule has 0 amide bonds. The van der Waals surface area contributed by atoms with E-state index >= 15 is 0 Å². The highest BCUT2D eigenvalue weighted by molar-refractivity contribution is 7.89. The minimum atomic E-state index is -3.70. The topological polar surface area (TPSA) is 97.1 Å². The van der Waals surface area contributed by atoms with Crippen molar-refractivity contribution in [1.82, 2.24) is 20.2 Å². The number of nitrogens with one attached hydrogen (secondary N) is 2. The zero-order valence-corrected chi connectivity index (χ0v) is 12.2. The molecular weight excluding hydrogens is 299 g/mol. The fourth-order valence-corrected chi connectivity index (χ4v) is 2.81. The number of sulfonamides is 1. The fourth-order valence-electron chi connectivity index (χ4n) is 1.73. The smallest absolute Gasteiger partial charge is 0.240 e. The summed E-state index contributed by atoms with van der Waals surface area (Å²) in [6.07, 6.45) is 1.48. The molecule has 2 rings (SSSR count). The SMILES string of the molecule is CNCc1cc(S(=O)(=O)NCCc2ncon2)ccc1F. The Hall–Kier alpha value is -1.84. The highest BCUT2D eigenvalue weighted by atomic mass is 32.2. The predicted molar refractivity (Wildman–Crippen MR) is 72.4 cm³/mol. The van der Waals surface area contributed by atoms with E-state index in [9.17, 15) is 12.8 Å². The summed E-state index contributed by atoms with van der Waals surface area (Å²) in [5, 5.41) is 6.36. The minimum Gasteiger partial charge on any atom is -0.343 e. The molecule has 0 radical (unpaired) electrons. The Bertz CT molecular complexity index is 689. The number of rotatable bonds is 7. The van der Waals surface area contributed by atoms with Gasteiger partial charge in [-0.25, -0.2) is 17.5 Å². The molecule has 0 atom stereocenters. The molecule has 0 aliphatic heterocycles. The molecule has 1 aromatic carbocycles. The second-order valence-electron chi connectivity index (χ2n) is 4.28. The van der Waals surface area contributed by atoms with Crippen molar-refractivity contribution in [1.29, 1.82) is 0 Å². The zero-order valence-electron chi connectivity index (χ0n) is 11.3. The maximum absolute atomic E-state index is 13.5. The molecule has 0 saturated heterocycles. The van der Waals surface area contributed by atoms with Crippen molar-refractivity contribution in [3.05, 3.63) is 41.8 Å². The Balaban J connectivity index is 2.06. The second kappa shape index (κ2) is 6.74. The molecule has 0 saturated carbocycles. The Morgan fingerprint density at radius 1 is 1.38 bits per heavy atom. The van der Waals surface area contributed by atoms with Crippen LogP contribution in [0, 0.1) is 5.82 Å². The molecule has 9 heteroatoms. The highest BCUT2D eigenvalue weighted by Gasteiger charge is 2.16. The standard InChI is InChI=1S/C12H15FN4O3S/c1-14-7-9-6-10(2-3-11(9)13)21(18,19)16-5-4-12-15-8-20-17-12/h2-3,6,8,14,16H,4-5,7H2,1H3. The molecule has 0 unspecified atom stereocenters. The summed E-state index contributed by atoms with van der Waals surface area (Å²) in [7, 11) is -2.05. The van der Waals surface area contributed by atoms with Crippen LogP contribution < -0.4 is 10.0 Å². The summed E-state index contributed by atoms with van der Waals surface area (Å²) >= 11 is 0. The summed E-state index contributed by atoms with van der Waals surface area (Å²) in [5.74, 6) is -0.0391. The van der Waals surface area contributed by atoms with Gasteiger partial charge >= 0.3 is 0 Å². The highest BCUT2D eigenvalue weighted by Crippen LogP contribution is 2.15. The first-order valence-electron chi connectivity index (χ1n) is 6.21. The molecule has 1 heterocycles. The van der Waals surface area contributed by atoms with E-state index in [2.05, 4.69) is 24.7 Å². The summed E-state index contributed by atoms with van der Waals surface area (Å²) in [6.45, 7) is 0.374. The van der Waals surface area contributed by atoms with E-state index in [0.717, 1.165) is 6.07 Å². The van der Waals surface area contributed by atoms with Gasteiger partial charge < -0.3 is 9.84 Å². The Labute approximate surface area is 121 Å². The Morgan fingerprint density at radius 3 is 2.86 bits per heavy atom. The van der Waals surface area contributed by atoms with Gasteiger partial charge in [-0.1, -0.05) is 5.16 Å². The number of hydrogen-bond acceptors (Lipinski definition) is 6.